The zero-order chi connectivity index (χ0) is 11.4. The van der Waals surface area contributed by atoms with Gasteiger partial charge in [0.25, 0.3) is 0 Å². The monoisotopic (exact) mass is 218 g/mol. The van der Waals surface area contributed by atoms with Gasteiger partial charge in [-0.2, -0.15) is 0 Å². The SMILES string of the molecule is C[SiH](C)OC(O)C=CC(O)C(C)(C)C. The van der Waals surface area contributed by atoms with Crippen molar-refractivity contribution in [3.8, 4) is 0 Å². The molecule has 0 amide bonds. The molecular formula is C10H22O3Si. The van der Waals surface area contributed by atoms with E-state index in [1.54, 1.807) is 6.08 Å². The molecule has 0 aliphatic rings. The van der Waals surface area contributed by atoms with Gasteiger partial charge in [0.2, 0.25) is 0 Å². The molecule has 0 radical (unpaired) electrons. The summed E-state index contributed by atoms with van der Waals surface area (Å²) in [6.45, 7) is 9.78. The van der Waals surface area contributed by atoms with Gasteiger partial charge in [0.1, 0.15) is 0 Å². The predicted octanol–water partition coefficient (Wildman–Crippen LogP) is 1.27. The molecule has 0 aliphatic carbocycles. The fourth-order valence-corrected chi connectivity index (χ4v) is 1.46. The first-order valence-corrected chi connectivity index (χ1v) is 7.71. The lowest BCUT2D eigenvalue weighted by atomic mass is 9.89. The van der Waals surface area contributed by atoms with Gasteiger partial charge in [0.15, 0.2) is 15.3 Å². The molecule has 0 saturated carbocycles. The second kappa shape index (κ2) is 5.65. The lowest BCUT2D eigenvalue weighted by molar-refractivity contribution is 0.0213. The van der Waals surface area contributed by atoms with Crippen molar-refractivity contribution < 1.29 is 14.6 Å². The zero-order valence-corrected chi connectivity index (χ0v) is 10.8. The minimum atomic E-state index is -1.22. The molecule has 0 aliphatic heterocycles. The van der Waals surface area contributed by atoms with Crippen LogP contribution in [-0.4, -0.2) is 31.6 Å². The van der Waals surface area contributed by atoms with E-state index in [0.29, 0.717) is 0 Å². The molecule has 0 bridgehead atoms. The predicted molar refractivity (Wildman–Crippen MR) is 60.6 cm³/mol. The molecule has 2 N–H and O–H groups in total. The summed E-state index contributed by atoms with van der Waals surface area (Å²) in [5.74, 6) is 0. The maximum atomic E-state index is 9.63. The highest BCUT2D eigenvalue weighted by atomic mass is 28.3. The lowest BCUT2D eigenvalue weighted by Crippen LogP contribution is -2.25. The Balaban J connectivity index is 4.04. The third-order valence-electron chi connectivity index (χ3n) is 1.76. The van der Waals surface area contributed by atoms with Gasteiger partial charge in [0, 0.05) is 0 Å². The van der Waals surface area contributed by atoms with Crippen molar-refractivity contribution in [3.63, 3.8) is 0 Å². The summed E-state index contributed by atoms with van der Waals surface area (Å²) in [6.07, 6.45) is 1.65. The first-order valence-electron chi connectivity index (χ1n) is 4.93. The van der Waals surface area contributed by atoms with Gasteiger partial charge < -0.3 is 14.6 Å². The number of aliphatic hydroxyl groups excluding tert-OH is 2. The fourth-order valence-electron chi connectivity index (χ4n) is 0.813. The summed E-state index contributed by atoms with van der Waals surface area (Å²) in [4.78, 5) is 0. The van der Waals surface area contributed by atoms with Crippen molar-refractivity contribution in [1.82, 2.24) is 0 Å². The van der Waals surface area contributed by atoms with E-state index in [1.165, 1.54) is 6.08 Å². The van der Waals surface area contributed by atoms with Crippen LogP contribution in [0.1, 0.15) is 20.8 Å². The van der Waals surface area contributed by atoms with Gasteiger partial charge >= 0.3 is 0 Å². The summed E-state index contributed by atoms with van der Waals surface area (Å²) >= 11 is 0. The molecule has 0 aromatic rings. The molecule has 0 heterocycles. The van der Waals surface area contributed by atoms with Crippen LogP contribution < -0.4 is 0 Å². The fraction of sp³-hybridized carbons (Fsp3) is 0.800. The summed E-state index contributed by atoms with van der Waals surface area (Å²) in [5.41, 5.74) is -0.203. The Labute approximate surface area is 88.1 Å². The molecular weight excluding hydrogens is 196 g/mol. The number of rotatable bonds is 4. The third-order valence-corrected chi connectivity index (χ3v) is 2.58. The van der Waals surface area contributed by atoms with Crippen molar-refractivity contribution in [3.05, 3.63) is 12.2 Å². The van der Waals surface area contributed by atoms with Crippen molar-refractivity contribution in [1.29, 1.82) is 0 Å². The van der Waals surface area contributed by atoms with Crippen LogP contribution in [0.4, 0.5) is 0 Å². The van der Waals surface area contributed by atoms with Crippen molar-refractivity contribution in [2.75, 3.05) is 0 Å². The minimum Gasteiger partial charge on any atom is -0.393 e. The van der Waals surface area contributed by atoms with Crippen LogP contribution in [0, 0.1) is 5.41 Å². The van der Waals surface area contributed by atoms with E-state index in [0.717, 1.165) is 0 Å². The molecule has 84 valence electrons. The summed E-state index contributed by atoms with van der Waals surface area (Å²) in [7, 11) is -1.22. The van der Waals surface area contributed by atoms with E-state index < -0.39 is 21.4 Å². The zero-order valence-electron chi connectivity index (χ0n) is 9.69. The molecule has 14 heavy (non-hydrogen) atoms. The maximum Gasteiger partial charge on any atom is 0.174 e. The molecule has 0 saturated heterocycles. The van der Waals surface area contributed by atoms with E-state index >= 15 is 0 Å². The number of hydrogen-bond acceptors (Lipinski definition) is 3. The average Bonchev–Trinajstić information content (AvgIpc) is 1.96. The quantitative estimate of drug-likeness (QED) is 0.424. The van der Waals surface area contributed by atoms with Gasteiger partial charge in [-0.05, 0) is 24.6 Å². The standard InChI is InChI=1S/C10H22O3Si/c1-10(2,3)8(11)6-7-9(12)13-14(4)5/h6-9,11-12,14H,1-5H3. The normalized spacial score (nSPS) is 17.7. The summed E-state index contributed by atoms with van der Waals surface area (Å²) in [6, 6.07) is 0. The number of aliphatic hydroxyl groups is 2. The van der Waals surface area contributed by atoms with Crippen molar-refractivity contribution in [2.24, 2.45) is 5.41 Å². The first kappa shape index (κ1) is 13.8. The molecule has 0 fully saturated rings. The second-order valence-corrected chi connectivity index (χ2v) is 7.14. The van der Waals surface area contributed by atoms with Crippen LogP contribution in [-0.2, 0) is 4.43 Å². The topological polar surface area (TPSA) is 49.7 Å². The molecule has 0 spiro atoms. The maximum absolute atomic E-state index is 9.63. The molecule has 3 nitrogen and oxygen atoms in total. The number of hydrogen-bond donors (Lipinski definition) is 2. The molecule has 0 rings (SSSR count). The minimum absolute atomic E-state index is 0.203. The first-order chi connectivity index (χ1) is 6.23. The van der Waals surface area contributed by atoms with Crippen LogP contribution in [0.5, 0.6) is 0 Å². The van der Waals surface area contributed by atoms with Crippen LogP contribution in [0.15, 0.2) is 12.2 Å². The molecule has 2 unspecified atom stereocenters. The van der Waals surface area contributed by atoms with Gasteiger partial charge in [0.05, 0.1) is 6.10 Å². The molecule has 0 aromatic carbocycles. The summed E-state index contributed by atoms with van der Waals surface area (Å²) in [5, 5.41) is 19.0. The van der Waals surface area contributed by atoms with E-state index in [4.69, 9.17) is 4.43 Å². The van der Waals surface area contributed by atoms with Crippen LogP contribution in [0.3, 0.4) is 0 Å². The van der Waals surface area contributed by atoms with Gasteiger partial charge in [-0.15, -0.1) is 0 Å². The van der Waals surface area contributed by atoms with Gasteiger partial charge in [-0.1, -0.05) is 26.8 Å². The largest absolute Gasteiger partial charge is 0.393 e. The van der Waals surface area contributed by atoms with E-state index in [1.807, 2.05) is 33.9 Å². The Morgan fingerprint density at radius 3 is 2.00 bits per heavy atom. The Bertz CT molecular complexity index is 184. The van der Waals surface area contributed by atoms with Crippen molar-refractivity contribution in [2.45, 2.75) is 46.3 Å². The summed E-state index contributed by atoms with van der Waals surface area (Å²) < 4.78 is 5.21. The Hall–Kier alpha value is -0.163. The smallest absolute Gasteiger partial charge is 0.174 e. The Morgan fingerprint density at radius 1 is 1.14 bits per heavy atom. The third kappa shape index (κ3) is 6.31. The van der Waals surface area contributed by atoms with Crippen LogP contribution in [0.2, 0.25) is 13.1 Å². The molecule has 0 aromatic heterocycles. The molecule has 2 atom stereocenters. The van der Waals surface area contributed by atoms with Gasteiger partial charge in [-0.3, -0.25) is 0 Å². The highest BCUT2D eigenvalue weighted by Gasteiger charge is 2.19. The van der Waals surface area contributed by atoms with E-state index in [2.05, 4.69) is 0 Å². The van der Waals surface area contributed by atoms with Crippen molar-refractivity contribution >= 4 is 9.04 Å². The Kier molecular flexibility index (Phi) is 5.59. The molecule has 4 heteroatoms. The highest BCUT2D eigenvalue weighted by Crippen LogP contribution is 2.19. The highest BCUT2D eigenvalue weighted by molar-refractivity contribution is 6.48. The van der Waals surface area contributed by atoms with Gasteiger partial charge in [-0.25, -0.2) is 0 Å². The Morgan fingerprint density at radius 2 is 1.64 bits per heavy atom. The van der Waals surface area contributed by atoms with Crippen LogP contribution in [0.25, 0.3) is 0 Å². The lowest BCUT2D eigenvalue weighted by Gasteiger charge is -2.23. The van der Waals surface area contributed by atoms with E-state index in [9.17, 15) is 10.2 Å². The van der Waals surface area contributed by atoms with Crippen LogP contribution >= 0.6 is 0 Å². The average molecular weight is 218 g/mol. The van der Waals surface area contributed by atoms with E-state index in [-0.39, 0.29) is 5.41 Å². The second-order valence-electron chi connectivity index (χ2n) is 4.77.